The molecule has 16 heavy (non-hydrogen) atoms. The quantitative estimate of drug-likeness (QED) is 0.439. The van der Waals surface area contributed by atoms with Gasteiger partial charge in [-0.2, -0.15) is 26.9 Å². The van der Waals surface area contributed by atoms with E-state index in [1.807, 2.05) is 5.16 Å². The molecule has 1 aromatic carbocycles. The summed E-state index contributed by atoms with van der Waals surface area (Å²) >= 11 is 4.22. The van der Waals surface area contributed by atoms with Gasteiger partial charge in [-0.1, -0.05) is 12.1 Å². The monoisotopic (exact) mass is 253 g/mol. The van der Waals surface area contributed by atoms with E-state index < -0.39 is 17.7 Å². The summed E-state index contributed by atoms with van der Waals surface area (Å²) in [4.78, 5) is 3.33. The van der Waals surface area contributed by atoms with E-state index in [1.54, 1.807) is 0 Å². The third-order valence-electron chi connectivity index (χ3n) is 1.74. The second-order valence-electron chi connectivity index (χ2n) is 2.83. The van der Waals surface area contributed by atoms with Crippen molar-refractivity contribution < 1.29 is 22.0 Å². The van der Waals surface area contributed by atoms with Crippen LogP contribution < -0.4 is 0 Å². The smallest absolute Gasteiger partial charge is 0.195 e. The number of hydrogen-bond donors (Lipinski definition) is 0. The standard InChI is InChI=1S/C9H4F5NS/c10-8(11,9(12,13)14)6-2-1-3-7(4-6)15-5-16/h1-4H. The highest BCUT2D eigenvalue weighted by atomic mass is 32.1. The molecule has 0 saturated carbocycles. The molecule has 0 saturated heterocycles. The summed E-state index contributed by atoms with van der Waals surface area (Å²) in [7, 11) is 0. The first-order valence-corrected chi connectivity index (χ1v) is 4.33. The van der Waals surface area contributed by atoms with Gasteiger partial charge < -0.3 is 0 Å². The zero-order chi connectivity index (χ0) is 12.4. The van der Waals surface area contributed by atoms with Gasteiger partial charge in [-0.15, -0.1) is 0 Å². The Morgan fingerprint density at radius 1 is 1.12 bits per heavy atom. The minimum Gasteiger partial charge on any atom is -0.195 e. The van der Waals surface area contributed by atoms with Crippen molar-refractivity contribution in [1.29, 1.82) is 0 Å². The molecule has 1 rings (SSSR count). The van der Waals surface area contributed by atoms with E-state index >= 15 is 0 Å². The van der Waals surface area contributed by atoms with E-state index in [1.165, 1.54) is 6.07 Å². The van der Waals surface area contributed by atoms with Crippen LogP contribution in [0.5, 0.6) is 0 Å². The van der Waals surface area contributed by atoms with Crippen molar-refractivity contribution in [2.75, 3.05) is 0 Å². The molecule has 0 amide bonds. The fraction of sp³-hybridized carbons (Fsp3) is 0.222. The highest BCUT2D eigenvalue weighted by Gasteiger charge is 2.58. The topological polar surface area (TPSA) is 12.4 Å². The zero-order valence-corrected chi connectivity index (χ0v) is 8.37. The summed E-state index contributed by atoms with van der Waals surface area (Å²) in [6.07, 6.45) is -5.63. The minimum atomic E-state index is -5.63. The highest BCUT2D eigenvalue weighted by molar-refractivity contribution is 7.78. The summed E-state index contributed by atoms with van der Waals surface area (Å²) < 4.78 is 61.8. The van der Waals surface area contributed by atoms with E-state index in [9.17, 15) is 22.0 Å². The molecular weight excluding hydrogens is 249 g/mol. The number of nitrogens with zero attached hydrogens (tertiary/aromatic N) is 1. The Morgan fingerprint density at radius 3 is 2.25 bits per heavy atom. The van der Waals surface area contributed by atoms with Crippen LogP contribution >= 0.6 is 12.2 Å². The Labute approximate surface area is 92.6 Å². The van der Waals surface area contributed by atoms with E-state index in [4.69, 9.17) is 0 Å². The average molecular weight is 253 g/mol. The number of isothiocyanates is 1. The number of thiocarbonyl (C=S) groups is 1. The summed E-state index contributed by atoms with van der Waals surface area (Å²) in [5.41, 5.74) is -1.28. The number of rotatable bonds is 2. The predicted octanol–water partition coefficient (Wildman–Crippen LogP) is 4.08. The van der Waals surface area contributed by atoms with E-state index in [2.05, 4.69) is 17.2 Å². The normalized spacial score (nSPS) is 12.1. The molecule has 7 heteroatoms. The van der Waals surface area contributed by atoms with Crippen molar-refractivity contribution in [2.24, 2.45) is 4.99 Å². The van der Waals surface area contributed by atoms with Gasteiger partial charge in [0.05, 0.1) is 10.8 Å². The van der Waals surface area contributed by atoms with Crippen molar-refractivity contribution >= 4 is 23.1 Å². The third-order valence-corrected chi connectivity index (χ3v) is 1.83. The lowest BCUT2D eigenvalue weighted by molar-refractivity contribution is -0.289. The Hall–Kier alpha value is -1.33. The van der Waals surface area contributed by atoms with E-state index in [0.717, 1.165) is 6.07 Å². The molecule has 0 fully saturated rings. The Bertz CT molecular complexity index is 434. The predicted molar refractivity (Wildman–Crippen MR) is 51.1 cm³/mol. The fourth-order valence-electron chi connectivity index (χ4n) is 0.987. The molecule has 0 atom stereocenters. The van der Waals surface area contributed by atoms with Gasteiger partial charge in [-0.3, -0.25) is 0 Å². The van der Waals surface area contributed by atoms with Gasteiger partial charge >= 0.3 is 12.1 Å². The number of aliphatic imine (C=N–C) groups is 1. The molecule has 0 N–H and O–H groups in total. The van der Waals surface area contributed by atoms with Crippen molar-refractivity contribution in [3.63, 3.8) is 0 Å². The first-order chi connectivity index (χ1) is 7.29. The first kappa shape index (κ1) is 12.7. The maximum absolute atomic E-state index is 12.9. The largest absolute Gasteiger partial charge is 0.458 e. The van der Waals surface area contributed by atoms with Crippen LogP contribution in [0.3, 0.4) is 0 Å². The molecule has 0 aromatic heterocycles. The van der Waals surface area contributed by atoms with Gasteiger partial charge in [-0.25, -0.2) is 0 Å². The molecule has 1 nitrogen and oxygen atoms in total. The molecule has 0 aliphatic carbocycles. The van der Waals surface area contributed by atoms with Crippen LogP contribution in [0.4, 0.5) is 27.6 Å². The van der Waals surface area contributed by atoms with Gasteiger partial charge in [0.25, 0.3) is 0 Å². The minimum absolute atomic E-state index is 0.101. The summed E-state index contributed by atoms with van der Waals surface area (Å²) in [6, 6.07) is 3.58. The Balaban J connectivity index is 3.23. The molecule has 0 unspecified atom stereocenters. The zero-order valence-electron chi connectivity index (χ0n) is 7.55. The Morgan fingerprint density at radius 2 is 1.75 bits per heavy atom. The second kappa shape index (κ2) is 4.27. The maximum Gasteiger partial charge on any atom is 0.458 e. The van der Waals surface area contributed by atoms with Gasteiger partial charge in [0.2, 0.25) is 0 Å². The van der Waals surface area contributed by atoms with Crippen molar-refractivity contribution in [2.45, 2.75) is 12.1 Å². The van der Waals surface area contributed by atoms with Crippen LogP contribution in [0.25, 0.3) is 0 Å². The van der Waals surface area contributed by atoms with Crippen LogP contribution in [0.1, 0.15) is 5.56 Å². The molecular formula is C9H4F5NS. The van der Waals surface area contributed by atoms with Crippen molar-refractivity contribution in [1.82, 2.24) is 0 Å². The lowest BCUT2D eigenvalue weighted by atomic mass is 10.1. The molecule has 86 valence electrons. The number of benzene rings is 1. The highest BCUT2D eigenvalue weighted by Crippen LogP contribution is 2.44. The van der Waals surface area contributed by atoms with Crippen LogP contribution in [0.15, 0.2) is 29.3 Å². The van der Waals surface area contributed by atoms with Crippen molar-refractivity contribution in [3.8, 4) is 0 Å². The number of halogens is 5. The lowest BCUT2D eigenvalue weighted by Gasteiger charge is -2.19. The third kappa shape index (κ3) is 2.43. The maximum atomic E-state index is 12.9. The summed E-state index contributed by atoms with van der Waals surface area (Å²) in [6.45, 7) is 0. The first-order valence-electron chi connectivity index (χ1n) is 3.92. The average Bonchev–Trinajstić information content (AvgIpc) is 2.17. The summed E-state index contributed by atoms with van der Waals surface area (Å²) in [5, 5.41) is 1.88. The fourth-order valence-corrected chi connectivity index (χ4v) is 1.09. The molecule has 1 aromatic rings. The van der Waals surface area contributed by atoms with Crippen molar-refractivity contribution in [3.05, 3.63) is 29.8 Å². The van der Waals surface area contributed by atoms with Gasteiger partial charge in [0.1, 0.15) is 0 Å². The van der Waals surface area contributed by atoms with Crippen LogP contribution in [-0.2, 0) is 5.92 Å². The van der Waals surface area contributed by atoms with Gasteiger partial charge in [0.15, 0.2) is 0 Å². The Kier molecular flexibility index (Phi) is 3.40. The van der Waals surface area contributed by atoms with E-state index in [0.29, 0.717) is 12.1 Å². The SMILES string of the molecule is FC(F)(F)C(F)(F)c1cccc(N=C=S)c1. The number of hydrogen-bond acceptors (Lipinski definition) is 2. The lowest BCUT2D eigenvalue weighted by Crippen LogP contribution is -2.33. The van der Waals surface area contributed by atoms with Crippen LogP contribution in [0.2, 0.25) is 0 Å². The van der Waals surface area contributed by atoms with E-state index in [-0.39, 0.29) is 5.69 Å². The van der Waals surface area contributed by atoms with Crippen LogP contribution in [-0.4, -0.2) is 11.3 Å². The van der Waals surface area contributed by atoms with Gasteiger partial charge in [0, 0.05) is 5.56 Å². The van der Waals surface area contributed by atoms with Crippen LogP contribution in [0, 0.1) is 0 Å². The summed E-state index contributed by atoms with van der Waals surface area (Å²) in [5.74, 6) is -4.90. The number of alkyl halides is 5. The molecule has 0 bridgehead atoms. The van der Waals surface area contributed by atoms with Gasteiger partial charge in [-0.05, 0) is 24.4 Å². The second-order valence-corrected chi connectivity index (χ2v) is 3.01. The molecule has 0 heterocycles. The molecule has 0 aliphatic heterocycles. The molecule has 0 aliphatic rings. The molecule has 0 spiro atoms. The molecule has 0 radical (unpaired) electrons.